The van der Waals surface area contributed by atoms with Crippen LogP contribution in [0.3, 0.4) is 0 Å². The Morgan fingerprint density at radius 1 is 1.44 bits per heavy atom. The van der Waals surface area contributed by atoms with E-state index in [0.29, 0.717) is 12.5 Å². The van der Waals surface area contributed by atoms with Crippen LogP contribution in [0.5, 0.6) is 0 Å². The Bertz CT molecular complexity index is 476. The number of rotatable bonds is 4. The number of nitrogens with zero attached hydrogens (tertiary/aromatic N) is 1. The van der Waals surface area contributed by atoms with Gasteiger partial charge in [0.2, 0.25) is 0 Å². The van der Waals surface area contributed by atoms with Gasteiger partial charge in [-0.25, -0.2) is 9.37 Å². The number of fused-ring (bicyclic) bond motifs is 1. The van der Waals surface area contributed by atoms with Gasteiger partial charge < -0.3 is 10.3 Å². The summed E-state index contributed by atoms with van der Waals surface area (Å²) in [4.78, 5) is 7.46. The van der Waals surface area contributed by atoms with E-state index in [0.717, 1.165) is 23.4 Å². The second-order valence-corrected chi connectivity index (χ2v) is 4.37. The summed E-state index contributed by atoms with van der Waals surface area (Å²) in [5.74, 6) is 1.22. The highest BCUT2D eigenvalue weighted by Gasteiger charge is 2.03. The van der Waals surface area contributed by atoms with E-state index in [1.165, 1.54) is 12.1 Å². The zero-order chi connectivity index (χ0) is 11.5. The fourth-order valence-corrected chi connectivity index (χ4v) is 1.60. The van der Waals surface area contributed by atoms with Gasteiger partial charge in [-0.3, -0.25) is 0 Å². The molecule has 0 atom stereocenters. The minimum atomic E-state index is -0.238. The lowest BCUT2D eigenvalue weighted by Gasteiger charge is -2.04. The molecule has 2 aromatic rings. The Morgan fingerprint density at radius 3 is 3.00 bits per heavy atom. The van der Waals surface area contributed by atoms with Gasteiger partial charge in [-0.2, -0.15) is 0 Å². The highest BCUT2D eigenvalue weighted by Crippen LogP contribution is 2.12. The third-order valence-corrected chi connectivity index (χ3v) is 2.34. The standard InChI is InChI=1S/C12H16FN3/c1-8(2)6-14-7-12-15-10-4-3-9(13)5-11(10)16-12/h3-5,8,14H,6-7H2,1-2H3,(H,15,16). The van der Waals surface area contributed by atoms with Crippen LogP contribution in [0, 0.1) is 11.7 Å². The maximum absolute atomic E-state index is 12.9. The van der Waals surface area contributed by atoms with Crippen LogP contribution in [0.1, 0.15) is 19.7 Å². The lowest BCUT2D eigenvalue weighted by molar-refractivity contribution is 0.545. The smallest absolute Gasteiger partial charge is 0.125 e. The molecule has 0 aliphatic heterocycles. The second kappa shape index (κ2) is 4.61. The number of H-pyrrole nitrogens is 1. The van der Waals surface area contributed by atoms with E-state index in [9.17, 15) is 4.39 Å². The van der Waals surface area contributed by atoms with Crippen LogP contribution < -0.4 is 5.32 Å². The molecule has 0 saturated carbocycles. The number of imidazole rings is 1. The molecule has 0 unspecified atom stereocenters. The predicted molar refractivity (Wildman–Crippen MR) is 62.6 cm³/mol. The van der Waals surface area contributed by atoms with Crippen molar-refractivity contribution in [2.45, 2.75) is 20.4 Å². The van der Waals surface area contributed by atoms with Crippen LogP contribution >= 0.6 is 0 Å². The first-order valence-electron chi connectivity index (χ1n) is 5.50. The molecule has 1 aromatic heterocycles. The van der Waals surface area contributed by atoms with Crippen molar-refractivity contribution in [3.05, 3.63) is 29.8 Å². The topological polar surface area (TPSA) is 40.7 Å². The number of nitrogens with one attached hydrogen (secondary N) is 2. The fraction of sp³-hybridized carbons (Fsp3) is 0.417. The first-order valence-corrected chi connectivity index (χ1v) is 5.50. The Hall–Kier alpha value is -1.42. The third kappa shape index (κ3) is 2.58. The van der Waals surface area contributed by atoms with Crippen LogP contribution in [-0.2, 0) is 6.54 Å². The molecule has 3 nitrogen and oxygen atoms in total. The average molecular weight is 221 g/mol. The summed E-state index contributed by atoms with van der Waals surface area (Å²) < 4.78 is 12.9. The van der Waals surface area contributed by atoms with Gasteiger partial charge in [0.15, 0.2) is 0 Å². The molecular formula is C12H16FN3. The quantitative estimate of drug-likeness (QED) is 0.832. The summed E-state index contributed by atoms with van der Waals surface area (Å²) in [5, 5.41) is 3.29. The fourth-order valence-electron chi connectivity index (χ4n) is 1.60. The van der Waals surface area contributed by atoms with Gasteiger partial charge in [0, 0.05) is 0 Å². The maximum atomic E-state index is 12.9. The SMILES string of the molecule is CC(C)CNCc1nc2ccc(F)cc2[nH]1. The summed E-state index contributed by atoms with van der Waals surface area (Å²) >= 11 is 0. The lowest BCUT2D eigenvalue weighted by atomic mass is 10.2. The molecular weight excluding hydrogens is 205 g/mol. The minimum Gasteiger partial charge on any atom is -0.341 e. The Balaban J connectivity index is 2.08. The molecule has 0 amide bonds. The molecule has 16 heavy (non-hydrogen) atoms. The van der Waals surface area contributed by atoms with Crippen molar-refractivity contribution in [1.82, 2.24) is 15.3 Å². The average Bonchev–Trinajstić information content (AvgIpc) is 2.58. The molecule has 0 fully saturated rings. The monoisotopic (exact) mass is 221 g/mol. The third-order valence-electron chi connectivity index (χ3n) is 2.34. The summed E-state index contributed by atoms with van der Waals surface area (Å²) in [6.07, 6.45) is 0. The van der Waals surface area contributed by atoms with Crippen LogP contribution in [0.4, 0.5) is 4.39 Å². The summed E-state index contributed by atoms with van der Waals surface area (Å²) in [5.41, 5.74) is 1.56. The van der Waals surface area contributed by atoms with E-state index < -0.39 is 0 Å². The van der Waals surface area contributed by atoms with Crippen LogP contribution in [0.15, 0.2) is 18.2 Å². The molecule has 0 aliphatic rings. The van der Waals surface area contributed by atoms with E-state index >= 15 is 0 Å². The molecule has 1 heterocycles. The van der Waals surface area contributed by atoms with E-state index in [1.54, 1.807) is 6.07 Å². The predicted octanol–water partition coefficient (Wildman–Crippen LogP) is 2.45. The van der Waals surface area contributed by atoms with Crippen molar-refractivity contribution in [2.75, 3.05) is 6.54 Å². The molecule has 0 aliphatic carbocycles. The van der Waals surface area contributed by atoms with Crippen LogP contribution in [-0.4, -0.2) is 16.5 Å². The maximum Gasteiger partial charge on any atom is 0.125 e. The Kier molecular flexibility index (Phi) is 3.19. The number of aromatic amines is 1. The van der Waals surface area contributed by atoms with Gasteiger partial charge in [-0.05, 0) is 30.7 Å². The number of hydrogen-bond donors (Lipinski definition) is 2. The molecule has 2 N–H and O–H groups in total. The van der Waals surface area contributed by atoms with Gasteiger partial charge in [0.1, 0.15) is 11.6 Å². The molecule has 0 radical (unpaired) electrons. The molecule has 0 spiro atoms. The molecule has 4 heteroatoms. The molecule has 0 saturated heterocycles. The number of benzene rings is 1. The highest BCUT2D eigenvalue weighted by molar-refractivity contribution is 5.74. The van der Waals surface area contributed by atoms with Gasteiger partial charge in [0.25, 0.3) is 0 Å². The van der Waals surface area contributed by atoms with Gasteiger partial charge in [-0.1, -0.05) is 13.8 Å². The number of hydrogen-bond acceptors (Lipinski definition) is 2. The van der Waals surface area contributed by atoms with Crippen molar-refractivity contribution in [2.24, 2.45) is 5.92 Å². The van der Waals surface area contributed by atoms with Gasteiger partial charge in [-0.15, -0.1) is 0 Å². The number of halogens is 1. The van der Waals surface area contributed by atoms with E-state index in [4.69, 9.17) is 0 Å². The molecule has 1 aromatic carbocycles. The van der Waals surface area contributed by atoms with Crippen molar-refractivity contribution in [3.8, 4) is 0 Å². The van der Waals surface area contributed by atoms with E-state index in [1.807, 2.05) is 0 Å². The summed E-state index contributed by atoms with van der Waals surface area (Å²) in [6, 6.07) is 4.58. The van der Waals surface area contributed by atoms with Crippen LogP contribution in [0.25, 0.3) is 11.0 Å². The first-order chi connectivity index (χ1) is 7.65. The van der Waals surface area contributed by atoms with Gasteiger partial charge >= 0.3 is 0 Å². The number of aromatic nitrogens is 2. The minimum absolute atomic E-state index is 0.238. The van der Waals surface area contributed by atoms with Crippen molar-refractivity contribution in [3.63, 3.8) is 0 Å². The highest BCUT2D eigenvalue weighted by atomic mass is 19.1. The lowest BCUT2D eigenvalue weighted by Crippen LogP contribution is -2.19. The first kappa shape index (κ1) is 11.1. The Labute approximate surface area is 94.1 Å². The molecule has 2 rings (SSSR count). The molecule has 0 bridgehead atoms. The molecule has 86 valence electrons. The Morgan fingerprint density at radius 2 is 2.25 bits per heavy atom. The largest absolute Gasteiger partial charge is 0.341 e. The normalized spacial score (nSPS) is 11.5. The zero-order valence-electron chi connectivity index (χ0n) is 9.55. The van der Waals surface area contributed by atoms with E-state index in [-0.39, 0.29) is 5.82 Å². The zero-order valence-corrected chi connectivity index (χ0v) is 9.55. The second-order valence-electron chi connectivity index (χ2n) is 4.37. The van der Waals surface area contributed by atoms with E-state index in [2.05, 4.69) is 29.1 Å². The summed E-state index contributed by atoms with van der Waals surface area (Å²) in [7, 11) is 0. The van der Waals surface area contributed by atoms with Crippen LogP contribution in [0.2, 0.25) is 0 Å². The van der Waals surface area contributed by atoms with Crippen molar-refractivity contribution in [1.29, 1.82) is 0 Å². The van der Waals surface area contributed by atoms with Crippen molar-refractivity contribution < 1.29 is 4.39 Å². The van der Waals surface area contributed by atoms with Gasteiger partial charge in [0.05, 0.1) is 17.6 Å². The summed E-state index contributed by atoms with van der Waals surface area (Å²) in [6.45, 7) is 5.95. The van der Waals surface area contributed by atoms with Crippen molar-refractivity contribution >= 4 is 11.0 Å².